The molecule has 0 saturated carbocycles. The van der Waals surface area contributed by atoms with Crippen LogP contribution in [-0.2, 0) is 4.79 Å². The van der Waals surface area contributed by atoms with Gasteiger partial charge in [-0.3, -0.25) is 19.3 Å². The van der Waals surface area contributed by atoms with Crippen LogP contribution in [0.15, 0.2) is 24.3 Å². The Balaban J connectivity index is 1.95. The van der Waals surface area contributed by atoms with Gasteiger partial charge in [0, 0.05) is 33.1 Å². The fraction of sp³-hybridized carbons (Fsp3) is 0.400. The third-order valence-corrected chi connectivity index (χ3v) is 3.55. The molecule has 0 fully saturated rings. The molecule has 0 spiro atoms. The average Bonchev–Trinajstić information content (AvgIpc) is 2.74. The summed E-state index contributed by atoms with van der Waals surface area (Å²) in [4.78, 5) is 38.9. The molecule has 1 heterocycles. The molecule has 3 amide bonds. The number of nitrogens with zero attached hydrogens (tertiary/aromatic N) is 2. The van der Waals surface area contributed by atoms with E-state index in [1.807, 2.05) is 7.05 Å². The van der Waals surface area contributed by atoms with Gasteiger partial charge in [-0.2, -0.15) is 0 Å². The van der Waals surface area contributed by atoms with Gasteiger partial charge >= 0.3 is 0 Å². The summed E-state index contributed by atoms with van der Waals surface area (Å²) in [5.41, 5.74) is 0.831. The first kappa shape index (κ1) is 15.2. The van der Waals surface area contributed by atoms with Crippen molar-refractivity contribution >= 4 is 17.7 Å². The third kappa shape index (κ3) is 3.11. The summed E-state index contributed by atoms with van der Waals surface area (Å²) in [6.45, 7) is 1.42. The highest BCUT2D eigenvalue weighted by Crippen LogP contribution is 2.22. The third-order valence-electron chi connectivity index (χ3n) is 3.55. The summed E-state index contributed by atoms with van der Waals surface area (Å²) in [5.74, 6) is -0.718. The maximum absolute atomic E-state index is 12.1. The highest BCUT2D eigenvalue weighted by Gasteiger charge is 2.35. The van der Waals surface area contributed by atoms with E-state index >= 15 is 0 Å². The number of carbonyl (C=O) groups excluding carboxylic acids is 3. The molecule has 1 aliphatic heterocycles. The van der Waals surface area contributed by atoms with Crippen molar-refractivity contribution in [3.63, 3.8) is 0 Å². The van der Waals surface area contributed by atoms with Gasteiger partial charge in [0.15, 0.2) is 0 Å². The molecule has 1 N–H and O–H groups in total. The number of rotatable bonds is 6. The van der Waals surface area contributed by atoms with Crippen LogP contribution in [0.3, 0.4) is 0 Å². The SMILES string of the molecule is CNCCN(C)C(=O)CCN1C(=O)c2ccccc2C1=O. The van der Waals surface area contributed by atoms with Crippen molar-refractivity contribution in [2.24, 2.45) is 0 Å². The zero-order valence-corrected chi connectivity index (χ0v) is 12.3. The fourth-order valence-corrected chi connectivity index (χ4v) is 2.24. The van der Waals surface area contributed by atoms with Crippen molar-refractivity contribution in [3.8, 4) is 0 Å². The Morgan fingerprint density at radius 2 is 1.76 bits per heavy atom. The average molecular weight is 289 g/mol. The number of likely N-dealkylation sites (N-methyl/N-ethyl adjacent to an activating group) is 2. The number of imide groups is 1. The molecular formula is C15H19N3O3. The summed E-state index contributed by atoms with van der Waals surface area (Å²) in [6.07, 6.45) is 0.145. The van der Waals surface area contributed by atoms with Gasteiger partial charge in [-0.1, -0.05) is 12.1 Å². The van der Waals surface area contributed by atoms with E-state index in [2.05, 4.69) is 5.32 Å². The molecule has 6 nitrogen and oxygen atoms in total. The summed E-state index contributed by atoms with van der Waals surface area (Å²) < 4.78 is 0. The first-order valence-corrected chi connectivity index (χ1v) is 6.90. The normalized spacial score (nSPS) is 13.5. The Kier molecular flexibility index (Phi) is 4.70. The molecule has 0 atom stereocenters. The first-order chi connectivity index (χ1) is 10.1. The monoisotopic (exact) mass is 289 g/mol. The van der Waals surface area contributed by atoms with Crippen molar-refractivity contribution in [2.75, 3.05) is 33.7 Å². The van der Waals surface area contributed by atoms with E-state index in [9.17, 15) is 14.4 Å². The lowest BCUT2D eigenvalue weighted by atomic mass is 10.1. The zero-order valence-electron chi connectivity index (χ0n) is 12.3. The van der Waals surface area contributed by atoms with E-state index in [0.29, 0.717) is 24.2 Å². The lowest BCUT2D eigenvalue weighted by Crippen LogP contribution is -2.37. The number of nitrogens with one attached hydrogen (secondary N) is 1. The second kappa shape index (κ2) is 6.49. The molecule has 0 unspecified atom stereocenters. The molecule has 1 aromatic carbocycles. The summed E-state index contributed by atoms with van der Waals surface area (Å²) in [7, 11) is 3.53. The minimum absolute atomic E-state index is 0.0817. The molecule has 0 aromatic heterocycles. The van der Waals surface area contributed by atoms with Gasteiger partial charge in [0.05, 0.1) is 11.1 Å². The van der Waals surface area contributed by atoms with Crippen LogP contribution in [0.5, 0.6) is 0 Å². The van der Waals surface area contributed by atoms with Gasteiger partial charge in [0.1, 0.15) is 0 Å². The number of hydrogen-bond donors (Lipinski definition) is 1. The van der Waals surface area contributed by atoms with Crippen LogP contribution in [0.2, 0.25) is 0 Å². The molecule has 0 saturated heterocycles. The van der Waals surface area contributed by atoms with E-state index in [4.69, 9.17) is 0 Å². The lowest BCUT2D eigenvalue weighted by Gasteiger charge is -2.19. The highest BCUT2D eigenvalue weighted by atomic mass is 16.2. The van der Waals surface area contributed by atoms with Crippen molar-refractivity contribution in [1.82, 2.24) is 15.1 Å². The van der Waals surface area contributed by atoms with Gasteiger partial charge in [-0.15, -0.1) is 0 Å². The van der Waals surface area contributed by atoms with E-state index in [1.54, 1.807) is 36.2 Å². The molecule has 0 aliphatic carbocycles. The molecule has 2 rings (SSSR count). The highest BCUT2D eigenvalue weighted by molar-refractivity contribution is 6.21. The smallest absolute Gasteiger partial charge is 0.261 e. The summed E-state index contributed by atoms with van der Waals surface area (Å²) >= 11 is 0. The van der Waals surface area contributed by atoms with Gasteiger partial charge in [-0.25, -0.2) is 0 Å². The number of hydrogen-bond acceptors (Lipinski definition) is 4. The Labute approximate surface area is 123 Å². The number of carbonyl (C=O) groups is 3. The number of amides is 3. The summed E-state index contributed by atoms with van der Waals surface area (Å²) in [5, 5.41) is 2.96. The largest absolute Gasteiger partial charge is 0.344 e. The Morgan fingerprint density at radius 3 is 2.29 bits per heavy atom. The maximum Gasteiger partial charge on any atom is 0.261 e. The van der Waals surface area contributed by atoms with E-state index in [0.717, 1.165) is 4.90 Å². The number of fused-ring (bicyclic) bond motifs is 1. The van der Waals surface area contributed by atoms with E-state index in [-0.39, 0.29) is 30.7 Å². The molecule has 6 heteroatoms. The van der Waals surface area contributed by atoms with Crippen LogP contribution in [0.25, 0.3) is 0 Å². The molecule has 0 bridgehead atoms. The molecule has 0 radical (unpaired) electrons. The van der Waals surface area contributed by atoms with Gasteiger partial charge in [0.25, 0.3) is 11.8 Å². The predicted molar refractivity (Wildman–Crippen MR) is 78.0 cm³/mol. The van der Waals surface area contributed by atoms with Crippen molar-refractivity contribution in [3.05, 3.63) is 35.4 Å². The van der Waals surface area contributed by atoms with Crippen LogP contribution in [-0.4, -0.2) is 61.3 Å². The second-order valence-electron chi connectivity index (χ2n) is 4.98. The van der Waals surface area contributed by atoms with Crippen LogP contribution >= 0.6 is 0 Å². The Hall–Kier alpha value is -2.21. The standard InChI is InChI=1S/C15H19N3O3/c1-16-8-10-17(2)13(19)7-9-18-14(20)11-5-3-4-6-12(11)15(18)21/h3-6,16H,7-10H2,1-2H3. The van der Waals surface area contributed by atoms with Crippen LogP contribution in [0.1, 0.15) is 27.1 Å². The topological polar surface area (TPSA) is 69.7 Å². The molecule has 1 aromatic rings. The van der Waals surface area contributed by atoms with Gasteiger partial charge in [0.2, 0.25) is 5.91 Å². The first-order valence-electron chi connectivity index (χ1n) is 6.90. The zero-order chi connectivity index (χ0) is 15.4. The molecule has 21 heavy (non-hydrogen) atoms. The summed E-state index contributed by atoms with van der Waals surface area (Å²) in [6, 6.07) is 6.72. The fourth-order valence-electron chi connectivity index (χ4n) is 2.24. The van der Waals surface area contributed by atoms with Gasteiger partial charge in [-0.05, 0) is 19.2 Å². The minimum atomic E-state index is -0.318. The van der Waals surface area contributed by atoms with Crippen LogP contribution < -0.4 is 5.32 Å². The van der Waals surface area contributed by atoms with Gasteiger partial charge < -0.3 is 10.2 Å². The van der Waals surface area contributed by atoms with Crippen molar-refractivity contribution < 1.29 is 14.4 Å². The van der Waals surface area contributed by atoms with Crippen LogP contribution in [0.4, 0.5) is 0 Å². The maximum atomic E-state index is 12.1. The van der Waals surface area contributed by atoms with Crippen molar-refractivity contribution in [1.29, 1.82) is 0 Å². The number of benzene rings is 1. The Bertz CT molecular complexity index is 536. The van der Waals surface area contributed by atoms with E-state index in [1.165, 1.54) is 0 Å². The molecular weight excluding hydrogens is 270 g/mol. The predicted octanol–water partition coefficient (Wildman–Crippen LogP) is 0.351. The molecule has 1 aliphatic rings. The van der Waals surface area contributed by atoms with Crippen molar-refractivity contribution in [2.45, 2.75) is 6.42 Å². The Morgan fingerprint density at radius 1 is 1.19 bits per heavy atom. The molecule has 112 valence electrons. The van der Waals surface area contributed by atoms with Crippen LogP contribution in [0, 0.1) is 0 Å². The second-order valence-corrected chi connectivity index (χ2v) is 4.98. The minimum Gasteiger partial charge on any atom is -0.344 e. The lowest BCUT2D eigenvalue weighted by molar-refractivity contribution is -0.129. The quantitative estimate of drug-likeness (QED) is 0.767. The van der Waals surface area contributed by atoms with E-state index < -0.39 is 0 Å².